The molecule has 0 aromatic heterocycles. The molecule has 0 bridgehead atoms. The molecule has 0 saturated carbocycles. The van der Waals surface area contributed by atoms with E-state index in [4.69, 9.17) is 61.3 Å². The molecule has 0 radical (unpaired) electrons. The summed E-state index contributed by atoms with van der Waals surface area (Å²) in [5.41, 5.74) is 0. The third-order valence-electron chi connectivity index (χ3n) is 0. The monoisotopic (exact) mass is 347 g/mol. The fourth-order valence-electron chi connectivity index (χ4n) is 0. The Labute approximate surface area is 112 Å². The molecule has 0 atom stereocenters. The summed E-state index contributed by atoms with van der Waals surface area (Å²) < 4.78 is 0. The van der Waals surface area contributed by atoms with Crippen LogP contribution in [0, 0.1) is 40.5 Å². The van der Waals surface area contributed by atoms with Crippen LogP contribution in [0.1, 0.15) is 0 Å². The summed E-state index contributed by atoms with van der Waals surface area (Å²) >= 11 is 0. The maximum absolute atomic E-state index is 8.47. The topological polar surface area (TPSA) is 331 Å². The summed E-state index contributed by atoms with van der Waals surface area (Å²) in [5, 5.41) is 50.1. The van der Waals surface area contributed by atoms with Crippen molar-refractivity contribution in [2.45, 2.75) is 0 Å². The molecule has 12 N–H and O–H groups in total. The summed E-state index contributed by atoms with van der Waals surface area (Å²) in [6.07, 6.45) is 0. The van der Waals surface area contributed by atoms with Gasteiger partial charge in [0, 0.05) is 0 Å². The van der Waals surface area contributed by atoms with Crippen molar-refractivity contribution in [1.82, 2.24) is 0 Å². The Morgan fingerprint density at radius 3 is 0.526 bits per heavy atom. The van der Waals surface area contributed by atoms with Crippen LogP contribution in [0.4, 0.5) is 0 Å². The molecule has 18 nitrogen and oxygen atoms in total. The predicted octanol–water partition coefficient (Wildman–Crippen LogP) is -2.96. The van der Waals surface area contributed by atoms with Crippen molar-refractivity contribution in [3.8, 4) is 0 Å². The molecule has 118 valence electrons. The molecule has 0 amide bonds. The third kappa shape index (κ3) is 346. The fourth-order valence-corrected chi connectivity index (χ4v) is 0. The van der Waals surface area contributed by atoms with Gasteiger partial charge in [-0.05, 0) is 0 Å². The first-order valence-corrected chi connectivity index (χ1v) is 2.36. The second-order valence-corrected chi connectivity index (χ2v) is 1.03. The van der Waals surface area contributed by atoms with E-state index in [0.29, 0.717) is 0 Å². The van der Waals surface area contributed by atoms with Crippen LogP contribution in [0.25, 0.3) is 12.3 Å². The summed E-state index contributed by atoms with van der Waals surface area (Å²) in [7, 11) is 0. The normalized spacial score (nSPS) is 5.05. The minimum atomic E-state index is -1.25. The van der Waals surface area contributed by atoms with Crippen molar-refractivity contribution in [3.63, 3.8) is 0 Å². The molecule has 0 unspecified atom stereocenters. The first kappa shape index (κ1) is 44.2. The van der Waals surface area contributed by atoms with Gasteiger partial charge < -0.3 is 33.1 Å². The Balaban J connectivity index is -0.0000000192. The maximum Gasteiger partial charge on any atom is 3.00 e. The van der Waals surface area contributed by atoms with Gasteiger partial charge in [-0.1, -0.05) is 0 Å². The van der Waals surface area contributed by atoms with E-state index in [0.717, 1.165) is 0 Å². The van der Waals surface area contributed by atoms with Gasteiger partial charge >= 0.3 is 37.1 Å². The zero-order valence-electron chi connectivity index (χ0n) is 8.54. The molecule has 19 heavy (non-hydrogen) atoms. The molecule has 19 heteroatoms. The van der Waals surface area contributed by atoms with Gasteiger partial charge in [0.1, 0.15) is 40.5 Å². The first-order chi connectivity index (χ1) is 6.93. The second-order valence-electron chi connectivity index (χ2n) is 1.03. The molecule has 0 heterocycles. The molecule has 0 aliphatic carbocycles. The summed E-state index contributed by atoms with van der Waals surface area (Å²) in [6, 6.07) is 0. The van der Waals surface area contributed by atoms with Crippen LogP contribution in [-0.2, 0) is 16.8 Å². The largest absolute Gasteiger partial charge is 3.00 e. The summed E-state index contributed by atoms with van der Waals surface area (Å²) in [5.74, 6) is 0. The molecule has 0 aromatic rings. The smallest absolute Gasteiger partial charge is 0.693 e. The van der Waals surface area contributed by atoms with Crippen LogP contribution in [0.15, 0.2) is 0 Å². The van der Waals surface area contributed by atoms with E-state index in [2.05, 4.69) is 0 Å². The molecular formula is H12CoN6O12+5. The average Bonchev–Trinajstić information content (AvgIpc) is 1.76. The number of rotatable bonds is 0. The van der Waals surface area contributed by atoms with Gasteiger partial charge in [0.15, 0.2) is 0 Å². The summed E-state index contributed by atoms with van der Waals surface area (Å²) in [6.45, 7) is 0. The minimum Gasteiger partial charge on any atom is -0.693 e. The van der Waals surface area contributed by atoms with Crippen LogP contribution in [0.5, 0.6) is 0 Å². The van der Waals surface area contributed by atoms with Crippen molar-refractivity contribution >= 4 is 0 Å². The Hall–Kier alpha value is -2.77. The van der Waals surface area contributed by atoms with Gasteiger partial charge in [-0.15, -0.1) is 0 Å². The van der Waals surface area contributed by atoms with E-state index < -0.39 is 20.3 Å². The minimum absolute atomic E-state index is 0. The number of hydrogen-bond acceptors (Lipinski definition) is 8. The van der Waals surface area contributed by atoms with Crippen molar-refractivity contribution < 1.29 is 58.0 Å². The molecule has 0 fully saturated rings. The Morgan fingerprint density at radius 2 is 0.526 bits per heavy atom. The van der Waals surface area contributed by atoms with Gasteiger partial charge in [-0.25, -0.2) is 0 Å². The van der Waals surface area contributed by atoms with Crippen LogP contribution in [0.3, 0.4) is 0 Å². The average molecular weight is 347 g/mol. The fraction of sp³-hybridized carbons (Fsp3) is 0. The zero-order valence-corrected chi connectivity index (χ0v) is 9.58. The van der Waals surface area contributed by atoms with Crippen molar-refractivity contribution in [1.29, 1.82) is 0 Å². The molecule has 0 spiro atoms. The Bertz CT molecular complexity index is 162. The number of hydrogen-bond donors (Lipinski definition) is 0. The molecule has 0 aliphatic heterocycles. The second kappa shape index (κ2) is 36.2. The third-order valence-corrected chi connectivity index (χ3v) is 0. The predicted molar refractivity (Wildman–Crippen MR) is 53.0 cm³/mol. The van der Waals surface area contributed by atoms with Crippen LogP contribution < -0.4 is 0 Å². The molecule has 0 aliphatic rings. The van der Waals surface area contributed by atoms with E-state index in [1.54, 1.807) is 0 Å². The Morgan fingerprint density at radius 1 is 0.526 bits per heavy atom. The van der Waals surface area contributed by atoms with Crippen molar-refractivity contribution in [2.75, 3.05) is 0 Å². The Kier molecular flexibility index (Phi) is 84.2. The van der Waals surface area contributed by atoms with Gasteiger partial charge in [0.25, 0.3) is 0 Å². The van der Waals surface area contributed by atoms with E-state index in [9.17, 15) is 0 Å². The van der Waals surface area contributed by atoms with Crippen LogP contribution >= 0.6 is 0 Å². The van der Waals surface area contributed by atoms with E-state index in [-0.39, 0.29) is 29.1 Å². The van der Waals surface area contributed by atoms with Gasteiger partial charge in [-0.3, -0.25) is 0 Å². The van der Waals surface area contributed by atoms with E-state index in [1.807, 2.05) is 0 Å². The van der Waals surface area contributed by atoms with E-state index >= 15 is 0 Å². The first-order valence-electron chi connectivity index (χ1n) is 2.36. The molecule has 0 rings (SSSR count). The number of nitrogens with zero attached hydrogens (tertiary/aromatic N) is 4. The maximum atomic E-state index is 8.47. The SMILES string of the molecule is O=[N+]([O-])[OH2+].O=[N+]([O-])[OH2+].O=[N+]([O-])[OH2+].O=[N+]([O-])[OH2+].[Co+3].[NH2-].[NH2-]. The standard InChI is InChI=1S/Co.4HNO3.2H2N/c;4*2-1(3)4;;/h;4*(H,2,3,4);2*1H2/q+3;;;;;2*-1/p+4. The van der Waals surface area contributed by atoms with E-state index in [1.165, 1.54) is 0 Å². The van der Waals surface area contributed by atoms with Gasteiger partial charge in [0.05, 0.1) is 0 Å². The molecule has 0 saturated heterocycles. The van der Waals surface area contributed by atoms with Crippen molar-refractivity contribution in [2.24, 2.45) is 0 Å². The van der Waals surface area contributed by atoms with Crippen LogP contribution in [-0.4, -0.2) is 41.2 Å². The summed E-state index contributed by atoms with van der Waals surface area (Å²) in [4.78, 5) is 33.9. The van der Waals surface area contributed by atoms with Gasteiger partial charge in [0.2, 0.25) is 0 Å². The number of nitrogens with two attached hydrogens (primary N) is 2. The van der Waals surface area contributed by atoms with Gasteiger partial charge in [-0.2, -0.15) is 0 Å². The van der Waals surface area contributed by atoms with Crippen LogP contribution in [0.2, 0.25) is 0 Å². The van der Waals surface area contributed by atoms with Crippen molar-refractivity contribution in [3.05, 3.63) is 52.8 Å². The molecule has 0 aromatic carbocycles. The molecular weight excluding hydrogens is 335 g/mol. The zero-order chi connectivity index (χ0) is 14.3. The quantitative estimate of drug-likeness (QED) is 0.246.